The van der Waals surface area contributed by atoms with Crippen LogP contribution >= 0.6 is 11.6 Å². The van der Waals surface area contributed by atoms with E-state index in [2.05, 4.69) is 10.3 Å². The third-order valence-corrected chi connectivity index (χ3v) is 7.54. The van der Waals surface area contributed by atoms with E-state index in [0.29, 0.717) is 48.6 Å². The smallest absolute Gasteiger partial charge is 0.256 e. The average molecular weight is 533 g/mol. The van der Waals surface area contributed by atoms with Crippen LogP contribution in [0, 0.1) is 6.92 Å². The van der Waals surface area contributed by atoms with Crippen LogP contribution in [0.2, 0.25) is 5.02 Å². The number of benzene rings is 2. The summed E-state index contributed by atoms with van der Waals surface area (Å²) in [4.78, 5) is 47.8. The Labute approximate surface area is 226 Å². The number of hydrogen-bond acceptors (Lipinski definition) is 5. The van der Waals surface area contributed by atoms with Crippen LogP contribution in [-0.4, -0.2) is 64.0 Å². The molecule has 5 rings (SSSR count). The lowest BCUT2D eigenvalue weighted by atomic mass is 9.96. The summed E-state index contributed by atoms with van der Waals surface area (Å²) in [6.07, 6.45) is 4.12. The molecule has 2 aliphatic rings. The summed E-state index contributed by atoms with van der Waals surface area (Å²) < 4.78 is 6.27. The molecule has 1 spiro atoms. The van der Waals surface area contributed by atoms with Gasteiger partial charge in [-0.1, -0.05) is 47.5 Å². The molecule has 196 valence electrons. The van der Waals surface area contributed by atoms with Gasteiger partial charge in [0.05, 0.1) is 17.2 Å². The first-order valence-corrected chi connectivity index (χ1v) is 13.0. The molecule has 8 nitrogen and oxygen atoms in total. The van der Waals surface area contributed by atoms with Crippen molar-refractivity contribution >= 4 is 29.3 Å². The lowest BCUT2D eigenvalue weighted by Crippen LogP contribution is -2.59. The third kappa shape index (κ3) is 5.14. The average Bonchev–Trinajstić information content (AvgIpc) is 3.31. The molecule has 0 radical (unpaired) electrons. The fraction of sp³-hybridized carbons (Fsp3) is 0.310. The molecule has 1 aromatic heterocycles. The molecular weight excluding hydrogens is 504 g/mol. The van der Waals surface area contributed by atoms with Crippen molar-refractivity contribution in [2.45, 2.75) is 38.1 Å². The molecule has 0 unspecified atom stereocenters. The molecule has 3 aromatic rings. The summed E-state index contributed by atoms with van der Waals surface area (Å²) in [5.74, 6) is -0.721. The van der Waals surface area contributed by atoms with Gasteiger partial charge in [0.15, 0.2) is 0 Å². The minimum absolute atomic E-state index is 0.0783. The van der Waals surface area contributed by atoms with Crippen molar-refractivity contribution in [3.8, 4) is 0 Å². The predicted molar refractivity (Wildman–Crippen MR) is 142 cm³/mol. The summed E-state index contributed by atoms with van der Waals surface area (Å²) in [6.45, 7) is 3.06. The first-order valence-electron chi connectivity index (χ1n) is 12.6. The first-order chi connectivity index (χ1) is 18.4. The molecule has 38 heavy (non-hydrogen) atoms. The van der Waals surface area contributed by atoms with Crippen LogP contribution in [-0.2, 0) is 16.1 Å². The number of carbonyl (C=O) groups is 3. The highest BCUT2D eigenvalue weighted by molar-refractivity contribution is 6.33. The van der Waals surface area contributed by atoms with Gasteiger partial charge in [-0.15, -0.1) is 0 Å². The number of ether oxygens (including phenoxy) is 1. The molecular formula is C29H29ClN4O4. The number of pyridine rings is 1. The normalized spacial score (nSPS) is 18.4. The lowest BCUT2D eigenvalue weighted by Gasteiger charge is -2.44. The number of carbonyl (C=O) groups excluding carboxylic acids is 3. The number of halogens is 1. The molecule has 3 amide bonds. The molecule has 2 aromatic carbocycles. The van der Waals surface area contributed by atoms with Crippen molar-refractivity contribution in [2.75, 3.05) is 19.7 Å². The molecule has 3 heterocycles. The van der Waals surface area contributed by atoms with Crippen LogP contribution in [0.3, 0.4) is 0 Å². The number of rotatable bonds is 5. The van der Waals surface area contributed by atoms with E-state index < -0.39 is 11.8 Å². The Balaban J connectivity index is 1.37. The van der Waals surface area contributed by atoms with Crippen molar-refractivity contribution in [3.05, 3.63) is 100 Å². The summed E-state index contributed by atoms with van der Waals surface area (Å²) in [7, 11) is 0. The number of aromatic nitrogens is 1. The van der Waals surface area contributed by atoms with E-state index in [1.807, 2.05) is 25.1 Å². The molecule has 0 bridgehead atoms. The Morgan fingerprint density at radius 1 is 1.03 bits per heavy atom. The zero-order chi connectivity index (χ0) is 26.7. The van der Waals surface area contributed by atoms with E-state index >= 15 is 0 Å². The molecule has 1 N–H and O–H groups in total. The van der Waals surface area contributed by atoms with Gasteiger partial charge in [-0.3, -0.25) is 24.3 Å². The zero-order valence-electron chi connectivity index (χ0n) is 21.1. The number of hydrogen-bond donors (Lipinski definition) is 1. The molecule has 2 saturated heterocycles. The Morgan fingerprint density at radius 2 is 1.76 bits per heavy atom. The van der Waals surface area contributed by atoms with Gasteiger partial charge in [0.2, 0.25) is 5.91 Å². The summed E-state index contributed by atoms with van der Waals surface area (Å²) in [5, 5.41) is 3.33. The van der Waals surface area contributed by atoms with Crippen LogP contribution in [0.5, 0.6) is 0 Å². The van der Waals surface area contributed by atoms with Gasteiger partial charge in [-0.05, 0) is 42.8 Å². The fourth-order valence-electron chi connectivity index (χ4n) is 5.08. The Bertz CT molecular complexity index is 1320. The van der Waals surface area contributed by atoms with Crippen molar-refractivity contribution in [2.24, 2.45) is 0 Å². The minimum Gasteiger partial charge on any atom is -0.353 e. The van der Waals surface area contributed by atoms with E-state index in [-0.39, 0.29) is 24.3 Å². The van der Waals surface area contributed by atoms with E-state index in [1.165, 1.54) is 0 Å². The van der Waals surface area contributed by atoms with Gasteiger partial charge in [-0.2, -0.15) is 0 Å². The third-order valence-electron chi connectivity index (χ3n) is 7.21. The molecule has 9 heteroatoms. The van der Waals surface area contributed by atoms with Gasteiger partial charge < -0.3 is 15.0 Å². The quantitative estimate of drug-likeness (QED) is 0.539. The van der Waals surface area contributed by atoms with Crippen molar-refractivity contribution < 1.29 is 19.1 Å². The number of nitrogens with one attached hydrogen (secondary N) is 1. The predicted octanol–water partition coefficient (Wildman–Crippen LogP) is 3.83. The maximum absolute atomic E-state index is 13.9. The van der Waals surface area contributed by atoms with Crippen LogP contribution in [0.1, 0.15) is 44.7 Å². The lowest BCUT2D eigenvalue weighted by molar-refractivity contribution is -0.128. The molecule has 2 aliphatic heterocycles. The van der Waals surface area contributed by atoms with E-state index in [0.717, 1.165) is 11.1 Å². The van der Waals surface area contributed by atoms with Crippen LogP contribution < -0.4 is 5.32 Å². The monoisotopic (exact) mass is 532 g/mol. The summed E-state index contributed by atoms with van der Waals surface area (Å²) in [5.41, 5.74) is 1.83. The van der Waals surface area contributed by atoms with Gasteiger partial charge in [0.1, 0.15) is 11.8 Å². The van der Waals surface area contributed by atoms with Gasteiger partial charge >= 0.3 is 0 Å². The number of piperidine rings is 1. The van der Waals surface area contributed by atoms with Gasteiger partial charge in [0.25, 0.3) is 11.8 Å². The molecule has 1 atom stereocenters. The largest absolute Gasteiger partial charge is 0.353 e. The van der Waals surface area contributed by atoms with Crippen molar-refractivity contribution in [3.63, 3.8) is 0 Å². The fourth-order valence-corrected chi connectivity index (χ4v) is 5.29. The van der Waals surface area contributed by atoms with Crippen molar-refractivity contribution in [1.82, 2.24) is 20.1 Å². The van der Waals surface area contributed by atoms with E-state index in [4.69, 9.17) is 16.3 Å². The highest BCUT2D eigenvalue weighted by Crippen LogP contribution is 2.39. The molecule has 2 fully saturated rings. The summed E-state index contributed by atoms with van der Waals surface area (Å²) >= 11 is 6.26. The van der Waals surface area contributed by atoms with Crippen LogP contribution in [0.4, 0.5) is 0 Å². The maximum Gasteiger partial charge on any atom is 0.256 e. The number of amides is 3. The minimum atomic E-state index is -0.991. The maximum atomic E-state index is 13.9. The number of nitrogens with zero attached hydrogens (tertiary/aromatic N) is 3. The zero-order valence-corrected chi connectivity index (χ0v) is 21.9. The first kappa shape index (κ1) is 25.9. The Kier molecular flexibility index (Phi) is 7.44. The van der Waals surface area contributed by atoms with Crippen molar-refractivity contribution in [1.29, 1.82) is 0 Å². The van der Waals surface area contributed by atoms with Crippen LogP contribution in [0.25, 0.3) is 0 Å². The second-order valence-corrected chi connectivity index (χ2v) is 10.1. The highest BCUT2D eigenvalue weighted by atomic mass is 35.5. The number of aryl methyl sites for hydroxylation is 1. The van der Waals surface area contributed by atoms with Gasteiger partial charge in [0, 0.05) is 50.4 Å². The summed E-state index contributed by atoms with van der Waals surface area (Å²) in [6, 6.07) is 17.1. The molecule has 0 saturated carbocycles. The highest BCUT2D eigenvalue weighted by Gasteiger charge is 2.54. The Hall–Kier alpha value is -3.75. The second kappa shape index (κ2) is 10.9. The van der Waals surface area contributed by atoms with E-state index in [1.54, 1.807) is 64.7 Å². The van der Waals surface area contributed by atoms with E-state index in [9.17, 15) is 14.4 Å². The second-order valence-electron chi connectivity index (χ2n) is 9.67. The van der Waals surface area contributed by atoms with Gasteiger partial charge in [-0.25, -0.2) is 0 Å². The topological polar surface area (TPSA) is 91.8 Å². The van der Waals surface area contributed by atoms with Crippen LogP contribution in [0.15, 0.2) is 73.1 Å². The SMILES string of the molecule is Cc1ccc(C(=O)N2[C@@H](C(=O)NCc3cccnc3)COC23CCN(C(=O)c2ccccc2Cl)CC3)cc1. The number of likely N-dealkylation sites (tertiary alicyclic amines) is 1. The Morgan fingerprint density at radius 3 is 2.45 bits per heavy atom. The standard InChI is InChI=1S/C29H29ClN4O4/c1-20-8-10-22(11-9-20)27(36)34-25(26(35)32-18-21-5-4-14-31-17-21)19-38-29(34)12-15-33(16-13-29)28(37)23-6-2-3-7-24(23)30/h2-11,14,17,25H,12-13,15-16,18-19H2,1H3,(H,32,35)/t25-/m1/s1. The molecule has 0 aliphatic carbocycles.